The van der Waals surface area contributed by atoms with E-state index in [4.69, 9.17) is 4.98 Å². The molecule has 2 aromatic rings. The van der Waals surface area contributed by atoms with Crippen LogP contribution in [0.25, 0.3) is 11.0 Å². The van der Waals surface area contributed by atoms with Crippen molar-refractivity contribution in [2.45, 2.75) is 57.0 Å². The molecular weight excluding hydrogens is 359 g/mol. The number of nitrogens with zero attached hydrogens (tertiary/aromatic N) is 4. The Hall–Kier alpha value is -1.96. The minimum absolute atomic E-state index is 0.119. The number of nitrogens with one attached hydrogen (secondary N) is 2. The number of hydrogen-bond donors (Lipinski definition) is 3. The molecule has 3 saturated carbocycles. The smallest absolute Gasteiger partial charge is 0.229 e. The molecule has 152 valence electrons. The number of aliphatic hydroxyl groups excluding tert-OH is 1. The maximum atomic E-state index is 14.7. The zero-order valence-electron chi connectivity index (χ0n) is 16.3. The van der Waals surface area contributed by atoms with E-state index in [9.17, 15) is 9.50 Å². The molecule has 3 heterocycles. The average molecular weight is 388 g/mol. The van der Waals surface area contributed by atoms with E-state index in [2.05, 4.69) is 20.5 Å². The van der Waals surface area contributed by atoms with E-state index in [-0.39, 0.29) is 6.54 Å². The highest BCUT2D eigenvalue weighted by Crippen LogP contribution is 2.50. The van der Waals surface area contributed by atoms with Gasteiger partial charge < -0.3 is 15.3 Å². The lowest BCUT2D eigenvalue weighted by Crippen LogP contribution is -2.48. The molecule has 7 nitrogen and oxygen atoms in total. The van der Waals surface area contributed by atoms with Gasteiger partial charge >= 0.3 is 0 Å². The Morgan fingerprint density at radius 3 is 2.75 bits per heavy atom. The van der Waals surface area contributed by atoms with Crippen molar-refractivity contribution in [3.8, 4) is 0 Å². The van der Waals surface area contributed by atoms with Crippen LogP contribution < -0.4 is 10.2 Å². The summed E-state index contributed by atoms with van der Waals surface area (Å²) < 4.78 is 14.7. The van der Waals surface area contributed by atoms with Crippen molar-refractivity contribution in [3.05, 3.63) is 6.20 Å². The fourth-order valence-corrected chi connectivity index (χ4v) is 5.36. The highest BCUT2D eigenvalue weighted by Gasteiger charge is 2.40. The Morgan fingerprint density at radius 2 is 2.00 bits per heavy atom. The second-order valence-corrected chi connectivity index (χ2v) is 9.17. The van der Waals surface area contributed by atoms with Crippen LogP contribution in [0, 0.1) is 11.3 Å². The number of aromatic amines is 1. The molecule has 0 aromatic carbocycles. The Bertz CT molecular complexity index is 835. The molecule has 4 fully saturated rings. The van der Waals surface area contributed by atoms with Gasteiger partial charge in [-0.2, -0.15) is 15.1 Å². The van der Waals surface area contributed by atoms with E-state index in [1.165, 1.54) is 38.5 Å². The van der Waals surface area contributed by atoms with Crippen LogP contribution in [0.1, 0.15) is 51.4 Å². The van der Waals surface area contributed by atoms with E-state index in [1.54, 1.807) is 6.20 Å². The molecule has 2 bridgehead atoms. The van der Waals surface area contributed by atoms with Crippen LogP contribution in [0.3, 0.4) is 0 Å². The molecule has 0 spiro atoms. The summed E-state index contributed by atoms with van der Waals surface area (Å²) in [5.74, 6) is 2.22. The first-order valence-corrected chi connectivity index (χ1v) is 10.6. The van der Waals surface area contributed by atoms with Crippen LogP contribution in [0.5, 0.6) is 0 Å². The topological polar surface area (TPSA) is 90.0 Å². The predicted molar refractivity (Wildman–Crippen MR) is 106 cm³/mol. The summed E-state index contributed by atoms with van der Waals surface area (Å²) in [4.78, 5) is 11.2. The molecular formula is C20H29FN6O. The quantitative estimate of drug-likeness (QED) is 0.729. The zero-order chi connectivity index (χ0) is 19.2. The number of piperidine rings is 1. The summed E-state index contributed by atoms with van der Waals surface area (Å²) in [6, 6.07) is 0. The summed E-state index contributed by atoms with van der Waals surface area (Å²) in [6.07, 6.45) is 10.7. The maximum Gasteiger partial charge on any atom is 0.229 e. The molecule has 6 rings (SSSR count). The van der Waals surface area contributed by atoms with Gasteiger partial charge in [-0.25, -0.2) is 4.39 Å². The summed E-state index contributed by atoms with van der Waals surface area (Å²) in [6.45, 7) is 1.26. The van der Waals surface area contributed by atoms with Crippen LogP contribution in [0.2, 0.25) is 0 Å². The number of H-pyrrole nitrogens is 1. The highest BCUT2D eigenvalue weighted by atomic mass is 19.1. The second kappa shape index (κ2) is 6.83. The van der Waals surface area contributed by atoms with Gasteiger partial charge in [0, 0.05) is 13.1 Å². The summed E-state index contributed by atoms with van der Waals surface area (Å²) in [7, 11) is 0. The Labute approximate surface area is 164 Å². The van der Waals surface area contributed by atoms with Crippen LogP contribution in [-0.4, -0.2) is 57.2 Å². The number of halogens is 1. The molecule has 8 heteroatoms. The standard InChI is InChI=1S/C20H29FN6O/c21-20(13-28)5-1-9-27(12-20)18-24-16(15-10-23-26-17(15)25-18)22-11-19-6-2-14(3-7-19)4-8-19/h10,14,28H,1-9,11-13H2,(H2,22,23,24,25,26). The van der Waals surface area contributed by atoms with Crippen LogP contribution in [0.4, 0.5) is 16.2 Å². The first-order valence-electron chi connectivity index (χ1n) is 10.6. The number of fused-ring (bicyclic) bond motifs is 4. The Balaban J connectivity index is 1.40. The highest BCUT2D eigenvalue weighted by molar-refractivity contribution is 5.87. The summed E-state index contributed by atoms with van der Waals surface area (Å²) in [5.41, 5.74) is -0.541. The SMILES string of the molecule is OCC1(F)CCCN(c2nc(NCC34CCC(CC3)CC4)c3cn[nH]c3n2)C1. The van der Waals surface area contributed by atoms with Gasteiger partial charge in [0.1, 0.15) is 5.82 Å². The van der Waals surface area contributed by atoms with E-state index in [0.717, 1.165) is 23.7 Å². The third kappa shape index (κ3) is 3.21. The number of anilines is 2. The molecule has 28 heavy (non-hydrogen) atoms. The summed E-state index contributed by atoms with van der Waals surface area (Å²) >= 11 is 0. The van der Waals surface area contributed by atoms with Crippen molar-refractivity contribution in [1.29, 1.82) is 0 Å². The van der Waals surface area contributed by atoms with Crippen molar-refractivity contribution in [3.63, 3.8) is 0 Å². The number of aromatic nitrogens is 4. The molecule has 4 aliphatic rings. The molecule has 2 aromatic heterocycles. The van der Waals surface area contributed by atoms with Gasteiger partial charge in [0.15, 0.2) is 11.3 Å². The van der Waals surface area contributed by atoms with Crippen molar-refractivity contribution >= 4 is 22.8 Å². The largest absolute Gasteiger partial charge is 0.393 e. The van der Waals surface area contributed by atoms with Gasteiger partial charge in [-0.05, 0) is 62.7 Å². The lowest BCUT2D eigenvalue weighted by molar-refractivity contribution is 0.0564. The number of rotatable bonds is 5. The first kappa shape index (κ1) is 18.1. The Morgan fingerprint density at radius 1 is 1.21 bits per heavy atom. The third-order valence-corrected chi connectivity index (χ3v) is 7.27. The van der Waals surface area contributed by atoms with Gasteiger partial charge in [0.2, 0.25) is 5.95 Å². The first-order chi connectivity index (χ1) is 13.6. The van der Waals surface area contributed by atoms with E-state index in [0.29, 0.717) is 36.4 Å². The van der Waals surface area contributed by atoms with Gasteiger partial charge in [-0.3, -0.25) is 5.10 Å². The fourth-order valence-electron chi connectivity index (χ4n) is 5.36. The van der Waals surface area contributed by atoms with Gasteiger partial charge in [-0.15, -0.1) is 0 Å². The molecule has 3 N–H and O–H groups in total. The third-order valence-electron chi connectivity index (χ3n) is 7.27. The minimum atomic E-state index is -1.59. The lowest BCUT2D eigenvalue weighted by atomic mass is 9.61. The molecule has 1 saturated heterocycles. The van der Waals surface area contributed by atoms with Gasteiger partial charge in [0.05, 0.1) is 24.7 Å². The fraction of sp³-hybridized carbons (Fsp3) is 0.750. The molecule has 1 aliphatic heterocycles. The van der Waals surface area contributed by atoms with E-state index in [1.807, 2.05) is 4.90 Å². The number of aliphatic hydroxyl groups is 1. The van der Waals surface area contributed by atoms with Crippen LogP contribution in [0.15, 0.2) is 6.20 Å². The minimum Gasteiger partial charge on any atom is -0.393 e. The zero-order valence-corrected chi connectivity index (χ0v) is 16.3. The van der Waals surface area contributed by atoms with Crippen molar-refractivity contribution in [2.24, 2.45) is 11.3 Å². The number of alkyl halides is 1. The van der Waals surface area contributed by atoms with Crippen LogP contribution in [-0.2, 0) is 0 Å². The van der Waals surface area contributed by atoms with E-state index < -0.39 is 12.3 Å². The maximum absolute atomic E-state index is 14.7. The second-order valence-electron chi connectivity index (χ2n) is 9.17. The van der Waals surface area contributed by atoms with Crippen LogP contribution >= 0.6 is 0 Å². The predicted octanol–water partition coefficient (Wildman–Crippen LogP) is 3.04. The van der Waals surface area contributed by atoms with Gasteiger partial charge in [-0.1, -0.05) is 0 Å². The summed E-state index contributed by atoms with van der Waals surface area (Å²) in [5, 5.41) is 21.0. The average Bonchev–Trinajstić information content (AvgIpc) is 3.22. The van der Waals surface area contributed by atoms with E-state index >= 15 is 0 Å². The normalized spacial score (nSPS) is 32.8. The lowest BCUT2D eigenvalue weighted by Gasteiger charge is -2.46. The Kier molecular flexibility index (Phi) is 4.41. The van der Waals surface area contributed by atoms with Gasteiger partial charge in [0.25, 0.3) is 0 Å². The molecule has 0 radical (unpaired) electrons. The molecule has 3 aliphatic carbocycles. The monoisotopic (exact) mass is 388 g/mol. The molecule has 1 atom stereocenters. The number of hydrogen-bond acceptors (Lipinski definition) is 6. The molecule has 0 amide bonds. The van der Waals surface area contributed by atoms with Crippen molar-refractivity contribution < 1.29 is 9.50 Å². The van der Waals surface area contributed by atoms with Crippen molar-refractivity contribution in [2.75, 3.05) is 36.5 Å². The molecule has 1 unspecified atom stereocenters. The van der Waals surface area contributed by atoms with Crippen molar-refractivity contribution in [1.82, 2.24) is 20.2 Å².